The normalized spacial score (nSPS) is 10.6. The number of rotatable bonds is 7. The van der Waals surface area contributed by atoms with Gasteiger partial charge in [0.25, 0.3) is 5.91 Å². The maximum atomic E-state index is 12.5. The van der Waals surface area contributed by atoms with Gasteiger partial charge in [0.05, 0.1) is 6.54 Å². The first-order chi connectivity index (χ1) is 14.7. The Balaban J connectivity index is 1.35. The number of nitrogens with one attached hydrogen (secondary N) is 3. The molecule has 0 saturated carbocycles. The van der Waals surface area contributed by atoms with Crippen LogP contribution < -0.4 is 10.6 Å². The highest BCUT2D eigenvalue weighted by atomic mass is 35.5. The van der Waals surface area contributed by atoms with Crippen LogP contribution in [-0.4, -0.2) is 26.1 Å². The molecular formula is C22H19ClN6O. The number of amides is 1. The fraction of sp³-hybridized carbons (Fsp3) is 0.0909. The number of halogens is 1. The number of aromatic nitrogens is 4. The minimum Gasteiger partial charge on any atom is -0.378 e. The largest absolute Gasteiger partial charge is 0.378 e. The van der Waals surface area contributed by atoms with E-state index < -0.39 is 0 Å². The molecule has 0 fully saturated rings. The van der Waals surface area contributed by atoms with E-state index in [0.29, 0.717) is 35.3 Å². The molecule has 4 rings (SSSR count). The van der Waals surface area contributed by atoms with Crippen molar-refractivity contribution in [3.63, 3.8) is 0 Å². The van der Waals surface area contributed by atoms with Gasteiger partial charge in [-0.05, 0) is 48.0 Å². The maximum absolute atomic E-state index is 12.5. The van der Waals surface area contributed by atoms with Crippen molar-refractivity contribution in [2.75, 3.05) is 5.32 Å². The van der Waals surface area contributed by atoms with Gasteiger partial charge in [0.15, 0.2) is 5.82 Å². The lowest BCUT2D eigenvalue weighted by Crippen LogP contribution is -2.22. The van der Waals surface area contributed by atoms with Crippen LogP contribution in [-0.2, 0) is 13.1 Å². The van der Waals surface area contributed by atoms with Crippen molar-refractivity contribution in [3.05, 3.63) is 95.0 Å². The highest BCUT2D eigenvalue weighted by Crippen LogP contribution is 2.15. The van der Waals surface area contributed by atoms with Crippen LogP contribution in [0.25, 0.3) is 11.4 Å². The van der Waals surface area contributed by atoms with Crippen LogP contribution in [0.4, 0.5) is 5.69 Å². The van der Waals surface area contributed by atoms with E-state index in [1.165, 1.54) is 0 Å². The van der Waals surface area contributed by atoms with Crippen molar-refractivity contribution < 1.29 is 4.79 Å². The molecule has 4 aromatic rings. The van der Waals surface area contributed by atoms with Crippen molar-refractivity contribution in [1.29, 1.82) is 0 Å². The summed E-state index contributed by atoms with van der Waals surface area (Å²) in [5.41, 5.74) is 3.22. The van der Waals surface area contributed by atoms with Gasteiger partial charge in [0.1, 0.15) is 5.82 Å². The van der Waals surface area contributed by atoms with Crippen LogP contribution in [0.5, 0.6) is 0 Å². The summed E-state index contributed by atoms with van der Waals surface area (Å²) >= 11 is 5.98. The average molecular weight is 419 g/mol. The van der Waals surface area contributed by atoms with Crippen LogP contribution >= 0.6 is 11.6 Å². The van der Waals surface area contributed by atoms with E-state index in [0.717, 1.165) is 16.8 Å². The van der Waals surface area contributed by atoms with Gasteiger partial charge >= 0.3 is 0 Å². The van der Waals surface area contributed by atoms with Gasteiger partial charge in [0, 0.05) is 40.8 Å². The summed E-state index contributed by atoms with van der Waals surface area (Å²) < 4.78 is 0. The minimum atomic E-state index is -0.154. The molecule has 8 heteroatoms. The van der Waals surface area contributed by atoms with Gasteiger partial charge < -0.3 is 10.6 Å². The summed E-state index contributed by atoms with van der Waals surface area (Å²) in [4.78, 5) is 21.0. The summed E-state index contributed by atoms with van der Waals surface area (Å²) in [6, 6.07) is 18.4. The third-order valence-corrected chi connectivity index (χ3v) is 4.63. The van der Waals surface area contributed by atoms with Crippen LogP contribution in [0.3, 0.4) is 0 Å². The molecule has 0 atom stereocenters. The summed E-state index contributed by atoms with van der Waals surface area (Å²) in [7, 11) is 0. The molecule has 1 amide bonds. The van der Waals surface area contributed by atoms with Crippen LogP contribution in [0, 0.1) is 0 Å². The lowest BCUT2D eigenvalue weighted by molar-refractivity contribution is 0.0951. The van der Waals surface area contributed by atoms with Crippen molar-refractivity contribution in [2.24, 2.45) is 0 Å². The predicted molar refractivity (Wildman–Crippen MR) is 116 cm³/mol. The summed E-state index contributed by atoms with van der Waals surface area (Å²) in [5, 5.41) is 14.0. The molecule has 0 aliphatic carbocycles. The summed E-state index contributed by atoms with van der Waals surface area (Å²) in [6.07, 6.45) is 3.40. The van der Waals surface area contributed by atoms with Crippen LogP contribution in [0.1, 0.15) is 21.7 Å². The minimum absolute atomic E-state index is 0.154. The molecule has 0 saturated heterocycles. The van der Waals surface area contributed by atoms with Crippen molar-refractivity contribution >= 4 is 23.2 Å². The van der Waals surface area contributed by atoms with Gasteiger partial charge in [-0.3, -0.25) is 14.9 Å². The second-order valence-electron chi connectivity index (χ2n) is 6.59. The Bertz CT molecular complexity index is 1150. The van der Waals surface area contributed by atoms with Gasteiger partial charge in [-0.1, -0.05) is 29.8 Å². The number of nitrogens with zero attached hydrogens (tertiary/aromatic N) is 3. The average Bonchev–Trinajstić information content (AvgIpc) is 3.26. The quantitative estimate of drug-likeness (QED) is 0.420. The lowest BCUT2D eigenvalue weighted by atomic mass is 10.1. The Kier molecular flexibility index (Phi) is 6.01. The number of carbonyl (C=O) groups is 1. The van der Waals surface area contributed by atoms with Gasteiger partial charge in [-0.2, -0.15) is 5.10 Å². The Labute approximate surface area is 178 Å². The molecular weight excluding hydrogens is 400 g/mol. The molecule has 2 aromatic carbocycles. The number of pyridine rings is 1. The zero-order valence-corrected chi connectivity index (χ0v) is 16.7. The molecule has 0 spiro atoms. The van der Waals surface area contributed by atoms with E-state index in [1.807, 2.05) is 42.5 Å². The first-order valence-corrected chi connectivity index (χ1v) is 9.73. The van der Waals surface area contributed by atoms with E-state index in [2.05, 4.69) is 30.8 Å². The molecule has 2 aromatic heterocycles. The van der Waals surface area contributed by atoms with E-state index in [-0.39, 0.29) is 5.91 Å². The number of hydrogen-bond acceptors (Lipinski definition) is 5. The molecule has 0 unspecified atom stereocenters. The SMILES string of the molecule is O=C(NCc1cccc(Cl)c1)c1cccc(NCc2nc(-c3ccncc3)n[nH]2)c1. The Morgan fingerprint density at radius 2 is 1.83 bits per heavy atom. The Morgan fingerprint density at radius 3 is 2.67 bits per heavy atom. The summed E-state index contributed by atoms with van der Waals surface area (Å²) in [5.74, 6) is 1.15. The van der Waals surface area contributed by atoms with E-state index in [1.54, 1.807) is 30.6 Å². The smallest absolute Gasteiger partial charge is 0.251 e. The molecule has 7 nitrogen and oxygen atoms in total. The third kappa shape index (κ3) is 5.01. The van der Waals surface area contributed by atoms with E-state index in [4.69, 9.17) is 11.6 Å². The van der Waals surface area contributed by atoms with Crippen molar-refractivity contribution in [2.45, 2.75) is 13.1 Å². The highest BCUT2D eigenvalue weighted by Gasteiger charge is 2.08. The second-order valence-corrected chi connectivity index (χ2v) is 7.02. The van der Waals surface area contributed by atoms with Crippen molar-refractivity contribution in [3.8, 4) is 11.4 Å². The molecule has 2 heterocycles. The molecule has 0 radical (unpaired) electrons. The lowest BCUT2D eigenvalue weighted by Gasteiger charge is -2.08. The van der Waals surface area contributed by atoms with E-state index >= 15 is 0 Å². The monoisotopic (exact) mass is 418 g/mol. The van der Waals surface area contributed by atoms with Gasteiger partial charge in [-0.25, -0.2) is 4.98 Å². The van der Waals surface area contributed by atoms with Gasteiger partial charge in [-0.15, -0.1) is 0 Å². The first kappa shape index (κ1) is 19.6. The molecule has 0 aliphatic rings. The molecule has 30 heavy (non-hydrogen) atoms. The topological polar surface area (TPSA) is 95.6 Å². The molecule has 0 aliphatic heterocycles. The van der Waals surface area contributed by atoms with Crippen LogP contribution in [0.2, 0.25) is 5.02 Å². The predicted octanol–water partition coefficient (Wildman–Crippen LogP) is 4.06. The fourth-order valence-corrected chi connectivity index (χ4v) is 3.10. The molecule has 3 N–H and O–H groups in total. The number of H-pyrrole nitrogens is 1. The zero-order valence-electron chi connectivity index (χ0n) is 16.0. The Morgan fingerprint density at radius 1 is 1.00 bits per heavy atom. The third-order valence-electron chi connectivity index (χ3n) is 4.40. The number of anilines is 1. The van der Waals surface area contributed by atoms with Crippen molar-refractivity contribution in [1.82, 2.24) is 25.5 Å². The fourth-order valence-electron chi connectivity index (χ4n) is 2.89. The summed E-state index contributed by atoms with van der Waals surface area (Å²) in [6.45, 7) is 0.860. The molecule has 150 valence electrons. The number of aromatic amines is 1. The van der Waals surface area contributed by atoms with Gasteiger partial charge in [0.2, 0.25) is 0 Å². The number of benzene rings is 2. The maximum Gasteiger partial charge on any atom is 0.251 e. The highest BCUT2D eigenvalue weighted by molar-refractivity contribution is 6.30. The second kappa shape index (κ2) is 9.19. The number of carbonyl (C=O) groups excluding carboxylic acids is 1. The molecule has 0 bridgehead atoms. The standard InChI is InChI=1S/C22H19ClN6O/c23-18-5-1-3-15(11-18)13-26-22(30)17-4-2-6-19(12-17)25-14-20-27-21(29-28-20)16-7-9-24-10-8-16/h1-12,25H,13-14H2,(H,26,30)(H,27,28,29). The van der Waals surface area contributed by atoms with Crippen LogP contribution in [0.15, 0.2) is 73.1 Å². The van der Waals surface area contributed by atoms with E-state index in [9.17, 15) is 4.79 Å². The number of hydrogen-bond donors (Lipinski definition) is 3. The first-order valence-electron chi connectivity index (χ1n) is 9.35. The Hall–Kier alpha value is -3.71. The zero-order chi connectivity index (χ0) is 20.8.